The Morgan fingerprint density at radius 1 is 1.04 bits per heavy atom. The second-order valence-corrected chi connectivity index (χ2v) is 7.52. The minimum atomic E-state index is -0.247. The number of rotatable bonds is 7. The summed E-state index contributed by atoms with van der Waals surface area (Å²) in [5, 5.41) is 0. The number of carbonyl (C=O) groups is 1. The molecule has 3 heteroatoms. The van der Waals surface area contributed by atoms with E-state index in [0.29, 0.717) is 0 Å². The normalized spacial score (nSPS) is 20.0. The number of piperidine rings is 1. The van der Waals surface area contributed by atoms with Crippen molar-refractivity contribution in [1.82, 2.24) is 4.90 Å². The van der Waals surface area contributed by atoms with Crippen molar-refractivity contribution >= 4 is 5.97 Å². The lowest BCUT2D eigenvalue weighted by Gasteiger charge is -2.43. The minimum absolute atomic E-state index is 0.124. The van der Waals surface area contributed by atoms with E-state index in [2.05, 4.69) is 17.9 Å². The topological polar surface area (TPSA) is 29.5 Å². The van der Waals surface area contributed by atoms with Crippen LogP contribution in [0.25, 0.3) is 0 Å². The molecule has 2 heterocycles. The maximum Gasteiger partial charge on any atom is 0.338 e. The Bertz CT molecular complexity index is 547. The molecule has 1 aromatic rings. The van der Waals surface area contributed by atoms with Crippen LogP contribution in [0.5, 0.6) is 0 Å². The van der Waals surface area contributed by atoms with Gasteiger partial charge in [0.05, 0.1) is 5.56 Å². The summed E-state index contributed by atoms with van der Waals surface area (Å²) in [5.41, 5.74) is 1.68. The van der Waals surface area contributed by atoms with E-state index in [4.69, 9.17) is 4.74 Å². The lowest BCUT2D eigenvalue weighted by molar-refractivity contribution is -0.0566. The van der Waals surface area contributed by atoms with E-state index in [-0.39, 0.29) is 11.6 Å². The molecule has 0 saturated carbocycles. The van der Waals surface area contributed by atoms with Gasteiger partial charge in [0.25, 0.3) is 0 Å². The third-order valence-electron chi connectivity index (χ3n) is 5.65. The molecule has 1 aromatic carbocycles. The van der Waals surface area contributed by atoms with E-state index in [1.807, 2.05) is 18.2 Å². The van der Waals surface area contributed by atoms with Gasteiger partial charge in [-0.25, -0.2) is 4.79 Å². The van der Waals surface area contributed by atoms with Crippen molar-refractivity contribution in [2.24, 2.45) is 0 Å². The molecule has 0 amide bonds. The Labute approximate surface area is 146 Å². The summed E-state index contributed by atoms with van der Waals surface area (Å²) in [6.07, 6.45) is 10.9. The smallest absolute Gasteiger partial charge is 0.338 e. The summed E-state index contributed by atoms with van der Waals surface area (Å²) >= 11 is 0. The second kappa shape index (κ2) is 8.15. The average molecular weight is 329 g/mol. The predicted octanol–water partition coefficient (Wildman–Crippen LogP) is 4.59. The zero-order valence-corrected chi connectivity index (χ0v) is 15.1. The molecule has 24 heavy (non-hydrogen) atoms. The van der Waals surface area contributed by atoms with Gasteiger partial charge in [-0.1, -0.05) is 57.2 Å². The Balaban J connectivity index is 1.45. The predicted molar refractivity (Wildman–Crippen MR) is 97.3 cm³/mol. The SMILES string of the molecule is CCCCCCCCN1CCC2(CC1)Cc1ccccc1C(=O)O2. The lowest BCUT2D eigenvalue weighted by atomic mass is 9.81. The van der Waals surface area contributed by atoms with Crippen LogP contribution in [0.1, 0.15) is 74.2 Å². The number of nitrogens with zero attached hydrogens (tertiary/aromatic N) is 1. The summed E-state index contributed by atoms with van der Waals surface area (Å²) in [5.74, 6) is -0.124. The third-order valence-corrected chi connectivity index (χ3v) is 5.65. The fourth-order valence-corrected chi connectivity index (χ4v) is 4.09. The van der Waals surface area contributed by atoms with Crippen LogP contribution in [0.2, 0.25) is 0 Å². The Morgan fingerprint density at radius 2 is 1.75 bits per heavy atom. The number of esters is 1. The van der Waals surface area contributed by atoms with Crippen LogP contribution in [0.3, 0.4) is 0 Å². The number of fused-ring (bicyclic) bond motifs is 1. The fraction of sp³-hybridized carbons (Fsp3) is 0.667. The molecule has 0 bridgehead atoms. The number of benzene rings is 1. The number of hydrogen-bond donors (Lipinski definition) is 0. The average Bonchev–Trinajstić information content (AvgIpc) is 2.60. The molecule has 132 valence electrons. The zero-order chi connectivity index (χ0) is 16.8. The van der Waals surface area contributed by atoms with E-state index in [1.165, 1.54) is 45.1 Å². The first-order valence-electron chi connectivity index (χ1n) is 9.76. The summed E-state index contributed by atoms with van der Waals surface area (Å²) in [6, 6.07) is 7.92. The van der Waals surface area contributed by atoms with Crippen LogP contribution in [-0.4, -0.2) is 36.1 Å². The lowest BCUT2D eigenvalue weighted by Crippen LogP contribution is -2.50. The molecule has 0 N–H and O–H groups in total. The van der Waals surface area contributed by atoms with Gasteiger partial charge in [-0.2, -0.15) is 0 Å². The van der Waals surface area contributed by atoms with E-state index in [9.17, 15) is 4.79 Å². The Morgan fingerprint density at radius 3 is 2.54 bits per heavy atom. The van der Waals surface area contributed by atoms with E-state index < -0.39 is 0 Å². The summed E-state index contributed by atoms with van der Waals surface area (Å²) in [6.45, 7) is 5.58. The van der Waals surface area contributed by atoms with Crippen molar-refractivity contribution in [2.45, 2.75) is 70.3 Å². The summed E-state index contributed by atoms with van der Waals surface area (Å²) < 4.78 is 5.89. The monoisotopic (exact) mass is 329 g/mol. The van der Waals surface area contributed by atoms with Crippen molar-refractivity contribution in [3.63, 3.8) is 0 Å². The maximum atomic E-state index is 12.3. The van der Waals surface area contributed by atoms with Gasteiger partial charge in [0.15, 0.2) is 0 Å². The highest BCUT2D eigenvalue weighted by Crippen LogP contribution is 2.36. The molecular weight excluding hydrogens is 298 g/mol. The molecular formula is C21H31NO2. The van der Waals surface area contributed by atoms with E-state index in [0.717, 1.165) is 43.5 Å². The largest absolute Gasteiger partial charge is 0.455 e. The highest BCUT2D eigenvalue weighted by molar-refractivity contribution is 5.92. The first-order chi connectivity index (χ1) is 11.7. The van der Waals surface area contributed by atoms with Crippen LogP contribution >= 0.6 is 0 Å². The first-order valence-corrected chi connectivity index (χ1v) is 9.76. The van der Waals surface area contributed by atoms with Crippen LogP contribution in [0, 0.1) is 0 Å². The summed E-state index contributed by atoms with van der Waals surface area (Å²) in [4.78, 5) is 14.9. The van der Waals surface area contributed by atoms with E-state index in [1.54, 1.807) is 0 Å². The van der Waals surface area contributed by atoms with Crippen molar-refractivity contribution in [2.75, 3.05) is 19.6 Å². The molecule has 3 rings (SSSR count). The Kier molecular flexibility index (Phi) is 5.94. The second-order valence-electron chi connectivity index (χ2n) is 7.52. The molecule has 3 nitrogen and oxygen atoms in total. The van der Waals surface area contributed by atoms with Gasteiger partial charge < -0.3 is 9.64 Å². The quantitative estimate of drug-likeness (QED) is 0.541. The number of likely N-dealkylation sites (tertiary alicyclic amines) is 1. The highest BCUT2D eigenvalue weighted by atomic mass is 16.6. The van der Waals surface area contributed by atoms with Crippen molar-refractivity contribution in [3.05, 3.63) is 35.4 Å². The van der Waals surface area contributed by atoms with Gasteiger partial charge in [0.1, 0.15) is 5.60 Å². The van der Waals surface area contributed by atoms with Gasteiger partial charge in [0, 0.05) is 32.4 Å². The Hall–Kier alpha value is -1.35. The molecule has 0 aliphatic carbocycles. The standard InChI is InChI=1S/C21H31NO2/c1-2-3-4-5-6-9-14-22-15-12-21(13-16-22)17-18-10-7-8-11-19(18)20(23)24-21/h7-8,10-11H,2-6,9,12-17H2,1H3. The van der Waals surface area contributed by atoms with E-state index >= 15 is 0 Å². The van der Waals surface area contributed by atoms with Crippen molar-refractivity contribution in [1.29, 1.82) is 0 Å². The first kappa shape index (κ1) is 17.5. The van der Waals surface area contributed by atoms with Crippen LogP contribution < -0.4 is 0 Å². The molecule has 1 fully saturated rings. The summed E-state index contributed by atoms with van der Waals surface area (Å²) in [7, 11) is 0. The molecule has 1 saturated heterocycles. The molecule has 0 unspecified atom stereocenters. The molecule has 2 aliphatic rings. The van der Waals surface area contributed by atoms with Crippen molar-refractivity contribution in [3.8, 4) is 0 Å². The fourth-order valence-electron chi connectivity index (χ4n) is 4.09. The van der Waals surface area contributed by atoms with Gasteiger partial charge in [-0.3, -0.25) is 0 Å². The molecule has 0 radical (unpaired) electrons. The van der Waals surface area contributed by atoms with Crippen LogP contribution in [-0.2, 0) is 11.2 Å². The van der Waals surface area contributed by atoms with Crippen molar-refractivity contribution < 1.29 is 9.53 Å². The van der Waals surface area contributed by atoms with Crippen LogP contribution in [0.15, 0.2) is 24.3 Å². The van der Waals surface area contributed by atoms with Gasteiger partial charge >= 0.3 is 5.97 Å². The molecule has 2 aliphatic heterocycles. The highest BCUT2D eigenvalue weighted by Gasteiger charge is 2.42. The number of hydrogen-bond acceptors (Lipinski definition) is 3. The van der Waals surface area contributed by atoms with Crippen LogP contribution in [0.4, 0.5) is 0 Å². The third kappa shape index (κ3) is 4.18. The molecule has 0 atom stereocenters. The number of carbonyl (C=O) groups excluding carboxylic acids is 1. The molecule has 0 aromatic heterocycles. The number of ether oxygens (including phenoxy) is 1. The van der Waals surface area contributed by atoms with Gasteiger partial charge in [0.2, 0.25) is 0 Å². The maximum absolute atomic E-state index is 12.3. The van der Waals surface area contributed by atoms with Gasteiger partial charge in [-0.05, 0) is 24.6 Å². The molecule has 1 spiro atoms. The van der Waals surface area contributed by atoms with Gasteiger partial charge in [-0.15, -0.1) is 0 Å². The minimum Gasteiger partial charge on any atom is -0.455 e. The zero-order valence-electron chi connectivity index (χ0n) is 15.1. The number of unbranched alkanes of at least 4 members (excludes halogenated alkanes) is 5.